The number of rotatable bonds is 7. The number of amides is 1. The zero-order valence-electron chi connectivity index (χ0n) is 14.1. The number of aromatic nitrogens is 2. The zero-order chi connectivity index (χ0) is 18.4. The summed E-state index contributed by atoms with van der Waals surface area (Å²) in [6, 6.07) is 6.73. The molecule has 0 bridgehead atoms. The lowest BCUT2D eigenvalue weighted by molar-refractivity contribution is 0.0995. The highest BCUT2D eigenvalue weighted by molar-refractivity contribution is 5.97. The van der Waals surface area contributed by atoms with Gasteiger partial charge in [0.05, 0.1) is 18.4 Å². The summed E-state index contributed by atoms with van der Waals surface area (Å²) in [5, 5.41) is 3.14. The molecule has 130 valence electrons. The molecule has 0 atom stereocenters. The first-order valence-electron chi connectivity index (χ1n) is 7.74. The van der Waals surface area contributed by atoms with Gasteiger partial charge < -0.3 is 16.8 Å². The third-order valence-corrected chi connectivity index (χ3v) is 3.39. The van der Waals surface area contributed by atoms with Crippen LogP contribution in [0, 0.1) is 0 Å². The molecule has 1 amide bonds. The molecule has 8 nitrogen and oxygen atoms in total. The average molecular weight is 340 g/mol. The fourth-order valence-corrected chi connectivity index (χ4v) is 1.98. The Kier molecular flexibility index (Phi) is 5.78. The molecule has 2 aromatic rings. The number of hydrogen-bond donors (Lipinski definition) is 3. The van der Waals surface area contributed by atoms with Gasteiger partial charge in [-0.3, -0.25) is 9.59 Å². The first kappa shape index (κ1) is 18.1. The minimum atomic E-state index is -0.481. The average Bonchev–Trinajstić information content (AvgIpc) is 2.60. The maximum atomic E-state index is 11.8. The highest BCUT2D eigenvalue weighted by Crippen LogP contribution is 2.16. The molecule has 0 saturated heterocycles. The second-order valence-electron chi connectivity index (χ2n) is 5.34. The Bertz CT molecular complexity index is 814. The van der Waals surface area contributed by atoms with E-state index in [1.54, 1.807) is 30.5 Å². The van der Waals surface area contributed by atoms with Gasteiger partial charge >= 0.3 is 0 Å². The van der Waals surface area contributed by atoms with Crippen LogP contribution in [0.3, 0.4) is 0 Å². The summed E-state index contributed by atoms with van der Waals surface area (Å²) >= 11 is 0. The van der Waals surface area contributed by atoms with Gasteiger partial charge in [-0.1, -0.05) is 6.92 Å². The third kappa shape index (κ3) is 4.84. The Labute approximate surface area is 145 Å². The van der Waals surface area contributed by atoms with E-state index in [4.69, 9.17) is 11.5 Å². The molecule has 0 saturated carbocycles. The summed E-state index contributed by atoms with van der Waals surface area (Å²) in [7, 11) is 0. The third-order valence-electron chi connectivity index (χ3n) is 3.39. The number of ketones is 1. The van der Waals surface area contributed by atoms with Crippen molar-refractivity contribution in [2.24, 2.45) is 16.5 Å². The number of nitrogens with two attached hydrogens (primary N) is 2. The molecule has 5 N–H and O–H groups in total. The van der Waals surface area contributed by atoms with E-state index in [9.17, 15) is 9.59 Å². The Morgan fingerprint density at radius 2 is 1.88 bits per heavy atom. The molecule has 0 unspecified atom stereocenters. The smallest absolute Gasteiger partial charge is 0.248 e. The van der Waals surface area contributed by atoms with Crippen LogP contribution in [0.4, 0.5) is 11.5 Å². The molecule has 8 heteroatoms. The van der Waals surface area contributed by atoms with Gasteiger partial charge in [0, 0.05) is 24.6 Å². The van der Waals surface area contributed by atoms with Crippen LogP contribution in [0.15, 0.2) is 35.5 Å². The highest BCUT2D eigenvalue weighted by Gasteiger charge is 2.12. The van der Waals surface area contributed by atoms with Gasteiger partial charge in [-0.25, -0.2) is 15.0 Å². The van der Waals surface area contributed by atoms with Gasteiger partial charge in [-0.2, -0.15) is 0 Å². The number of benzene rings is 1. The topological polar surface area (TPSA) is 136 Å². The van der Waals surface area contributed by atoms with E-state index in [0.717, 1.165) is 5.69 Å². The van der Waals surface area contributed by atoms with Crippen LogP contribution in [0.1, 0.15) is 46.8 Å². The molecule has 0 spiro atoms. The Morgan fingerprint density at radius 3 is 2.44 bits per heavy atom. The normalized spacial score (nSPS) is 11.2. The van der Waals surface area contributed by atoms with Crippen LogP contribution >= 0.6 is 0 Å². The molecule has 0 aliphatic rings. The van der Waals surface area contributed by atoms with Crippen molar-refractivity contribution in [2.45, 2.75) is 26.8 Å². The van der Waals surface area contributed by atoms with Gasteiger partial charge in [-0.05, 0) is 24.3 Å². The van der Waals surface area contributed by atoms with Gasteiger partial charge in [0.1, 0.15) is 5.84 Å². The quantitative estimate of drug-likeness (QED) is 0.399. The number of nitrogens with one attached hydrogen (secondary N) is 1. The predicted molar refractivity (Wildman–Crippen MR) is 95.9 cm³/mol. The van der Waals surface area contributed by atoms with Crippen LogP contribution in [-0.2, 0) is 6.54 Å². The summed E-state index contributed by atoms with van der Waals surface area (Å²) in [5.41, 5.74) is 12.9. The Hall–Kier alpha value is -3.29. The van der Waals surface area contributed by atoms with E-state index in [1.807, 2.05) is 6.92 Å². The van der Waals surface area contributed by atoms with Crippen LogP contribution in [0.25, 0.3) is 0 Å². The molecular formula is C17H20N6O2. The molecule has 0 aliphatic heterocycles. The second-order valence-corrected chi connectivity index (χ2v) is 5.34. The van der Waals surface area contributed by atoms with Crippen LogP contribution in [0.5, 0.6) is 0 Å². The predicted octanol–water partition coefficient (Wildman–Crippen LogP) is 1.79. The number of carbonyl (C=O) groups is 2. The van der Waals surface area contributed by atoms with Crippen molar-refractivity contribution in [1.29, 1.82) is 0 Å². The Balaban J connectivity index is 2.16. The number of nitrogens with zero attached hydrogens (tertiary/aromatic N) is 3. The van der Waals surface area contributed by atoms with E-state index < -0.39 is 5.91 Å². The van der Waals surface area contributed by atoms with Crippen LogP contribution in [-0.4, -0.2) is 27.5 Å². The van der Waals surface area contributed by atoms with Crippen molar-refractivity contribution in [1.82, 2.24) is 9.97 Å². The van der Waals surface area contributed by atoms with Crippen molar-refractivity contribution in [3.05, 3.63) is 47.4 Å². The summed E-state index contributed by atoms with van der Waals surface area (Å²) in [5.74, 6) is -0.104. The van der Waals surface area contributed by atoms with Crippen molar-refractivity contribution >= 4 is 29.0 Å². The van der Waals surface area contributed by atoms with E-state index in [0.29, 0.717) is 30.1 Å². The molecule has 2 rings (SSSR count). The fraction of sp³-hybridized carbons (Fsp3) is 0.235. The molecular weight excluding hydrogens is 320 g/mol. The summed E-state index contributed by atoms with van der Waals surface area (Å²) in [6.07, 6.45) is 2.10. The largest absolute Gasteiger partial charge is 0.387 e. The maximum absolute atomic E-state index is 11.8. The summed E-state index contributed by atoms with van der Waals surface area (Å²) in [4.78, 5) is 35.5. The van der Waals surface area contributed by atoms with E-state index in [2.05, 4.69) is 20.3 Å². The van der Waals surface area contributed by atoms with Crippen LogP contribution < -0.4 is 16.8 Å². The first-order valence-corrected chi connectivity index (χ1v) is 7.74. The molecule has 1 heterocycles. The summed E-state index contributed by atoms with van der Waals surface area (Å²) in [6.45, 7) is 3.63. The first-order chi connectivity index (χ1) is 11.9. The van der Waals surface area contributed by atoms with Gasteiger partial charge in [0.2, 0.25) is 5.91 Å². The lowest BCUT2D eigenvalue weighted by atomic mass is 10.2. The molecule has 25 heavy (non-hydrogen) atoms. The monoisotopic (exact) mass is 340 g/mol. The fourth-order valence-electron chi connectivity index (χ4n) is 1.98. The van der Waals surface area contributed by atoms with Crippen molar-refractivity contribution < 1.29 is 9.59 Å². The zero-order valence-corrected chi connectivity index (χ0v) is 14.1. The number of primary amides is 1. The lowest BCUT2D eigenvalue weighted by Crippen LogP contribution is -2.12. The lowest BCUT2D eigenvalue weighted by Gasteiger charge is -2.08. The second kappa shape index (κ2) is 8.00. The van der Waals surface area contributed by atoms with Gasteiger partial charge in [0.25, 0.3) is 0 Å². The number of amidine groups is 1. The van der Waals surface area contributed by atoms with Crippen molar-refractivity contribution in [2.75, 3.05) is 5.32 Å². The van der Waals surface area contributed by atoms with E-state index in [-0.39, 0.29) is 17.3 Å². The SMILES string of the molecule is CCC(N)=Nc1ncc(CNc2ccc(C(N)=O)cc2)nc1C(C)=O. The number of Topliss-reactive ketones (excluding diaryl/α,β-unsaturated/α-hetero) is 1. The van der Waals surface area contributed by atoms with Gasteiger partial charge in [-0.15, -0.1) is 0 Å². The van der Waals surface area contributed by atoms with Crippen LogP contribution in [0.2, 0.25) is 0 Å². The van der Waals surface area contributed by atoms with Crippen molar-refractivity contribution in [3.63, 3.8) is 0 Å². The molecule has 1 aromatic heterocycles. The molecule has 0 fully saturated rings. The van der Waals surface area contributed by atoms with Gasteiger partial charge in [0.15, 0.2) is 17.3 Å². The number of carbonyl (C=O) groups excluding carboxylic acids is 2. The summed E-state index contributed by atoms with van der Waals surface area (Å²) < 4.78 is 0. The standard InChI is InChI=1S/C17H20N6O2/c1-3-14(18)23-17-15(10(2)24)22-13(9-21-17)8-20-12-6-4-11(5-7-12)16(19)25/h4-7,9,20H,3,8H2,1-2H3,(H2,19,25)(H2,18,21,23). The molecule has 1 aromatic carbocycles. The molecule has 0 aliphatic carbocycles. The minimum Gasteiger partial charge on any atom is -0.387 e. The number of hydrogen-bond acceptors (Lipinski definition) is 6. The minimum absolute atomic E-state index is 0.180. The van der Waals surface area contributed by atoms with E-state index in [1.165, 1.54) is 6.92 Å². The number of anilines is 1. The van der Waals surface area contributed by atoms with E-state index >= 15 is 0 Å². The molecule has 0 radical (unpaired) electrons. The number of aliphatic imine (C=N–C) groups is 1. The highest BCUT2D eigenvalue weighted by atomic mass is 16.1. The maximum Gasteiger partial charge on any atom is 0.248 e. The Morgan fingerprint density at radius 1 is 1.20 bits per heavy atom. The van der Waals surface area contributed by atoms with Crippen molar-refractivity contribution in [3.8, 4) is 0 Å².